The third-order valence-electron chi connectivity index (χ3n) is 2.42. The van der Waals surface area contributed by atoms with Gasteiger partial charge in [0.1, 0.15) is 11.9 Å². The highest BCUT2D eigenvalue weighted by Gasteiger charge is 2.28. The van der Waals surface area contributed by atoms with Gasteiger partial charge in [0.05, 0.1) is 0 Å². The van der Waals surface area contributed by atoms with E-state index in [1.807, 2.05) is 18.2 Å². The van der Waals surface area contributed by atoms with Crippen LogP contribution >= 0.6 is 15.9 Å². The van der Waals surface area contributed by atoms with Crippen LogP contribution in [0.2, 0.25) is 0 Å². The Morgan fingerprint density at radius 2 is 2.00 bits per heavy atom. The van der Waals surface area contributed by atoms with E-state index in [1.165, 1.54) is 5.56 Å². The molecule has 2 rings (SSSR count). The zero-order chi connectivity index (χ0) is 9.26. The Kier molecular flexibility index (Phi) is 2.58. The van der Waals surface area contributed by atoms with Crippen LogP contribution in [0, 0.1) is 6.92 Å². The average Bonchev–Trinajstić information content (AvgIpc) is 2.06. The normalized spacial score (nSPS) is 26.6. The van der Waals surface area contributed by atoms with Gasteiger partial charge in [-0.05, 0) is 31.4 Å². The summed E-state index contributed by atoms with van der Waals surface area (Å²) in [5.41, 5.74) is 1.22. The molecule has 0 atom stereocenters. The first-order chi connectivity index (χ1) is 6.25. The molecule has 1 aliphatic rings. The summed E-state index contributed by atoms with van der Waals surface area (Å²) in [6.45, 7) is 2.08. The van der Waals surface area contributed by atoms with E-state index in [-0.39, 0.29) is 0 Å². The summed E-state index contributed by atoms with van der Waals surface area (Å²) < 4.78 is 5.82. The van der Waals surface area contributed by atoms with Crippen LogP contribution in [-0.4, -0.2) is 10.9 Å². The fraction of sp³-hybridized carbons (Fsp3) is 0.455. The van der Waals surface area contributed by atoms with E-state index in [0.717, 1.165) is 18.6 Å². The molecule has 0 N–H and O–H groups in total. The Morgan fingerprint density at radius 1 is 1.31 bits per heavy atom. The van der Waals surface area contributed by atoms with Gasteiger partial charge in [-0.15, -0.1) is 0 Å². The molecule has 1 fully saturated rings. The van der Waals surface area contributed by atoms with Crippen molar-refractivity contribution >= 4 is 15.9 Å². The average molecular weight is 241 g/mol. The minimum absolute atomic E-state index is 0.422. The van der Waals surface area contributed by atoms with Crippen LogP contribution in [0.25, 0.3) is 0 Å². The largest absolute Gasteiger partial charge is 0.490 e. The third kappa shape index (κ3) is 2.05. The maximum atomic E-state index is 5.82. The summed E-state index contributed by atoms with van der Waals surface area (Å²) in [7, 11) is 0. The summed E-state index contributed by atoms with van der Waals surface area (Å²) >= 11 is 3.55. The molecule has 1 aliphatic carbocycles. The van der Waals surface area contributed by atoms with Crippen LogP contribution in [0.4, 0.5) is 0 Å². The van der Waals surface area contributed by atoms with Crippen LogP contribution in [0.5, 0.6) is 5.75 Å². The number of rotatable bonds is 2. The standard InChI is InChI=1S/C11H13BrO/c1-8-4-2-3-5-11(8)13-10-6-9(12)7-10/h2-5,9-10H,6-7H2,1H3. The number of aryl methyl sites for hydroxylation is 1. The predicted octanol–water partition coefficient (Wildman–Crippen LogP) is 3.30. The first kappa shape index (κ1) is 9.07. The van der Waals surface area contributed by atoms with Crippen LogP contribution in [0.3, 0.4) is 0 Å². The zero-order valence-corrected chi connectivity index (χ0v) is 9.25. The number of para-hydroxylation sites is 1. The van der Waals surface area contributed by atoms with E-state index < -0.39 is 0 Å². The van der Waals surface area contributed by atoms with Gasteiger partial charge in [0.2, 0.25) is 0 Å². The first-order valence-corrected chi connectivity index (χ1v) is 5.53. The van der Waals surface area contributed by atoms with Crippen molar-refractivity contribution in [2.24, 2.45) is 0 Å². The molecule has 2 heteroatoms. The molecular weight excluding hydrogens is 228 g/mol. The lowest BCUT2D eigenvalue weighted by molar-refractivity contribution is 0.127. The Hall–Kier alpha value is -0.500. The van der Waals surface area contributed by atoms with Gasteiger partial charge in [-0.25, -0.2) is 0 Å². The van der Waals surface area contributed by atoms with Gasteiger partial charge >= 0.3 is 0 Å². The van der Waals surface area contributed by atoms with Crippen molar-refractivity contribution in [3.8, 4) is 5.75 Å². The number of hydrogen-bond acceptors (Lipinski definition) is 1. The van der Waals surface area contributed by atoms with Crippen molar-refractivity contribution in [3.63, 3.8) is 0 Å². The monoisotopic (exact) mass is 240 g/mol. The van der Waals surface area contributed by atoms with Crippen molar-refractivity contribution < 1.29 is 4.74 Å². The van der Waals surface area contributed by atoms with Crippen LogP contribution < -0.4 is 4.74 Å². The minimum atomic E-state index is 0.422. The minimum Gasteiger partial charge on any atom is -0.490 e. The van der Waals surface area contributed by atoms with Gasteiger partial charge in [-0.3, -0.25) is 0 Å². The molecule has 13 heavy (non-hydrogen) atoms. The molecule has 0 heterocycles. The van der Waals surface area contributed by atoms with Gasteiger partial charge in [0.25, 0.3) is 0 Å². The number of hydrogen-bond donors (Lipinski definition) is 0. The van der Waals surface area contributed by atoms with E-state index in [2.05, 4.69) is 28.9 Å². The van der Waals surface area contributed by atoms with E-state index in [1.54, 1.807) is 0 Å². The number of benzene rings is 1. The molecule has 0 bridgehead atoms. The van der Waals surface area contributed by atoms with Crippen molar-refractivity contribution in [2.75, 3.05) is 0 Å². The molecular formula is C11H13BrO. The third-order valence-corrected chi connectivity index (χ3v) is 3.17. The SMILES string of the molecule is Cc1ccccc1OC1CC(Br)C1. The smallest absolute Gasteiger partial charge is 0.122 e. The molecule has 0 aromatic heterocycles. The molecule has 0 spiro atoms. The van der Waals surface area contributed by atoms with Crippen LogP contribution in [-0.2, 0) is 0 Å². The highest BCUT2D eigenvalue weighted by Crippen LogP contribution is 2.31. The second kappa shape index (κ2) is 3.70. The Bertz CT molecular complexity index is 292. The molecule has 0 radical (unpaired) electrons. The molecule has 70 valence electrons. The predicted molar refractivity (Wildman–Crippen MR) is 57.5 cm³/mol. The quantitative estimate of drug-likeness (QED) is 0.722. The Labute approximate surface area is 87.2 Å². The van der Waals surface area contributed by atoms with Crippen molar-refractivity contribution in [3.05, 3.63) is 29.8 Å². The zero-order valence-electron chi connectivity index (χ0n) is 7.66. The maximum Gasteiger partial charge on any atom is 0.122 e. The van der Waals surface area contributed by atoms with Crippen LogP contribution in [0.1, 0.15) is 18.4 Å². The topological polar surface area (TPSA) is 9.23 Å². The number of alkyl halides is 1. The molecule has 0 unspecified atom stereocenters. The summed E-state index contributed by atoms with van der Waals surface area (Å²) in [4.78, 5) is 0.668. The number of ether oxygens (including phenoxy) is 1. The van der Waals surface area contributed by atoms with Gasteiger partial charge in [0.15, 0.2) is 0 Å². The molecule has 0 amide bonds. The highest BCUT2D eigenvalue weighted by atomic mass is 79.9. The van der Waals surface area contributed by atoms with E-state index in [4.69, 9.17) is 4.74 Å². The maximum absolute atomic E-state index is 5.82. The molecule has 1 aromatic carbocycles. The Morgan fingerprint density at radius 3 is 2.62 bits per heavy atom. The lowest BCUT2D eigenvalue weighted by atomic mass is 9.96. The first-order valence-electron chi connectivity index (χ1n) is 4.62. The van der Waals surface area contributed by atoms with E-state index >= 15 is 0 Å². The van der Waals surface area contributed by atoms with Crippen molar-refractivity contribution in [1.82, 2.24) is 0 Å². The van der Waals surface area contributed by atoms with Crippen molar-refractivity contribution in [2.45, 2.75) is 30.7 Å². The second-order valence-electron chi connectivity index (χ2n) is 3.57. The fourth-order valence-electron chi connectivity index (χ4n) is 1.47. The molecule has 0 saturated heterocycles. The van der Waals surface area contributed by atoms with Crippen LogP contribution in [0.15, 0.2) is 24.3 Å². The second-order valence-corrected chi connectivity index (χ2v) is 4.87. The number of halogens is 1. The summed E-state index contributed by atoms with van der Waals surface area (Å²) in [6.07, 6.45) is 2.69. The van der Waals surface area contributed by atoms with Gasteiger partial charge in [0, 0.05) is 4.83 Å². The van der Waals surface area contributed by atoms with Crippen molar-refractivity contribution in [1.29, 1.82) is 0 Å². The van der Waals surface area contributed by atoms with Gasteiger partial charge in [-0.1, -0.05) is 34.1 Å². The molecule has 0 aliphatic heterocycles. The van der Waals surface area contributed by atoms with E-state index in [9.17, 15) is 0 Å². The lowest BCUT2D eigenvalue weighted by Gasteiger charge is -2.32. The van der Waals surface area contributed by atoms with E-state index in [0.29, 0.717) is 10.9 Å². The summed E-state index contributed by atoms with van der Waals surface area (Å²) in [6, 6.07) is 8.18. The molecule has 1 aromatic rings. The fourth-order valence-corrected chi connectivity index (χ4v) is 2.30. The summed E-state index contributed by atoms with van der Waals surface area (Å²) in [5.74, 6) is 1.03. The molecule has 1 saturated carbocycles. The highest BCUT2D eigenvalue weighted by molar-refractivity contribution is 9.09. The molecule has 1 nitrogen and oxygen atoms in total. The summed E-state index contributed by atoms with van der Waals surface area (Å²) in [5, 5.41) is 0. The van der Waals surface area contributed by atoms with Gasteiger partial charge < -0.3 is 4.74 Å². The van der Waals surface area contributed by atoms with Gasteiger partial charge in [-0.2, -0.15) is 0 Å². The lowest BCUT2D eigenvalue weighted by Crippen LogP contribution is -2.34. The Balaban J connectivity index is 1.98.